The monoisotopic (exact) mass is 427 g/mol. The number of benzene rings is 3. The number of aromatic hydroxyl groups is 1. The summed E-state index contributed by atoms with van der Waals surface area (Å²) in [6.45, 7) is 0. The highest BCUT2D eigenvalue weighted by atomic mass is 16.5. The Morgan fingerprint density at radius 2 is 1.81 bits per heavy atom. The Morgan fingerprint density at radius 3 is 2.56 bits per heavy atom. The maximum atomic E-state index is 12.7. The number of anilines is 4. The number of nitrogens with one attached hydrogen (secondary N) is 3. The van der Waals surface area contributed by atoms with Crippen molar-refractivity contribution in [2.75, 3.05) is 23.1 Å². The number of aromatic nitrogens is 2. The van der Waals surface area contributed by atoms with Crippen molar-refractivity contribution >= 4 is 39.7 Å². The number of carbonyl (C=O) groups excluding carboxylic acids is 1. The van der Waals surface area contributed by atoms with Gasteiger partial charge >= 0.3 is 0 Å². The average molecular weight is 427 g/mol. The zero-order valence-electron chi connectivity index (χ0n) is 17.3. The zero-order valence-corrected chi connectivity index (χ0v) is 17.3. The molecule has 0 saturated heterocycles. The molecule has 0 unspecified atom stereocenters. The second-order valence-corrected chi connectivity index (χ2v) is 7.55. The van der Waals surface area contributed by atoms with Gasteiger partial charge in [-0.2, -0.15) is 0 Å². The second kappa shape index (κ2) is 8.07. The number of phenols is 1. The van der Waals surface area contributed by atoms with Gasteiger partial charge in [-0.1, -0.05) is 12.1 Å². The predicted octanol–water partition coefficient (Wildman–Crippen LogP) is 4.06. The average Bonchev–Trinajstić information content (AvgIpc) is 2.81. The smallest absolute Gasteiger partial charge is 0.247 e. The van der Waals surface area contributed by atoms with Crippen molar-refractivity contribution in [1.82, 2.24) is 9.97 Å². The van der Waals surface area contributed by atoms with Gasteiger partial charge < -0.3 is 25.8 Å². The lowest BCUT2D eigenvalue weighted by atomic mass is 10.0. The number of carbonyl (C=O) groups is 1. The molecule has 32 heavy (non-hydrogen) atoms. The summed E-state index contributed by atoms with van der Waals surface area (Å²) in [7, 11) is 1.63. The van der Waals surface area contributed by atoms with Crippen LogP contribution in [0.4, 0.5) is 22.9 Å². The normalized spacial score (nSPS) is 14.9. The maximum Gasteiger partial charge on any atom is 0.247 e. The minimum absolute atomic E-state index is 0.119. The van der Waals surface area contributed by atoms with E-state index in [9.17, 15) is 9.90 Å². The lowest BCUT2D eigenvalue weighted by molar-refractivity contribution is -0.117. The lowest BCUT2D eigenvalue weighted by Gasteiger charge is -2.27. The molecule has 0 aliphatic carbocycles. The number of ether oxygens (including phenoxy) is 1. The van der Waals surface area contributed by atoms with Crippen molar-refractivity contribution in [2.45, 2.75) is 12.5 Å². The molecule has 4 aromatic rings. The molecule has 1 aromatic heterocycles. The highest BCUT2D eigenvalue weighted by Crippen LogP contribution is 2.34. The first kappa shape index (κ1) is 19.6. The fourth-order valence-corrected chi connectivity index (χ4v) is 3.72. The van der Waals surface area contributed by atoms with Crippen molar-refractivity contribution in [1.29, 1.82) is 0 Å². The van der Waals surface area contributed by atoms with Gasteiger partial charge in [0.1, 0.15) is 29.7 Å². The molecule has 1 aliphatic heterocycles. The summed E-state index contributed by atoms with van der Waals surface area (Å²) in [6.07, 6.45) is 2.01. The van der Waals surface area contributed by atoms with Crippen LogP contribution in [0.2, 0.25) is 0 Å². The van der Waals surface area contributed by atoms with Crippen LogP contribution >= 0.6 is 0 Å². The molecule has 5 rings (SSSR count). The third-order valence-electron chi connectivity index (χ3n) is 5.41. The SMILES string of the molecule is COc1ccc(Nc2ncnc3cc4c(cc23)NC(=O)[C@H](Cc2ccc(O)cc2)N4)cc1. The number of phenolic OH excluding ortho intramolecular Hbond substituents is 1. The second-order valence-electron chi connectivity index (χ2n) is 7.55. The van der Waals surface area contributed by atoms with E-state index in [1.54, 1.807) is 19.2 Å². The molecule has 0 bridgehead atoms. The summed E-state index contributed by atoms with van der Waals surface area (Å²) in [5.74, 6) is 1.49. The Bertz CT molecular complexity index is 1290. The van der Waals surface area contributed by atoms with Gasteiger partial charge in [0, 0.05) is 17.5 Å². The molecular formula is C24H21N5O3. The van der Waals surface area contributed by atoms with Crippen LogP contribution in [-0.4, -0.2) is 34.1 Å². The number of hydrogen-bond acceptors (Lipinski definition) is 7. The fourth-order valence-electron chi connectivity index (χ4n) is 3.72. The topological polar surface area (TPSA) is 108 Å². The quantitative estimate of drug-likeness (QED) is 0.380. The predicted molar refractivity (Wildman–Crippen MR) is 124 cm³/mol. The van der Waals surface area contributed by atoms with Crippen LogP contribution in [0.5, 0.6) is 11.5 Å². The molecule has 4 N–H and O–H groups in total. The van der Waals surface area contributed by atoms with Crippen LogP contribution < -0.4 is 20.7 Å². The summed E-state index contributed by atoms with van der Waals surface area (Å²) in [5.41, 5.74) is 4.04. The first-order valence-corrected chi connectivity index (χ1v) is 10.1. The molecule has 0 spiro atoms. The van der Waals surface area contributed by atoms with Crippen LogP contribution in [0, 0.1) is 0 Å². The van der Waals surface area contributed by atoms with Gasteiger partial charge in [0.25, 0.3) is 0 Å². The molecule has 2 heterocycles. The molecule has 0 saturated carbocycles. The Balaban J connectivity index is 1.42. The lowest BCUT2D eigenvalue weighted by Crippen LogP contribution is -2.40. The molecule has 1 amide bonds. The van der Waals surface area contributed by atoms with Gasteiger partial charge in [0.05, 0.1) is 24.0 Å². The van der Waals surface area contributed by atoms with E-state index in [1.807, 2.05) is 48.5 Å². The van der Waals surface area contributed by atoms with Gasteiger partial charge in [-0.05, 0) is 54.1 Å². The molecule has 0 radical (unpaired) electrons. The minimum Gasteiger partial charge on any atom is -0.508 e. The van der Waals surface area contributed by atoms with E-state index in [4.69, 9.17) is 4.74 Å². The van der Waals surface area contributed by atoms with E-state index in [1.165, 1.54) is 6.33 Å². The summed E-state index contributed by atoms with van der Waals surface area (Å²) in [5, 5.41) is 19.9. The number of nitrogens with zero attached hydrogens (tertiary/aromatic N) is 2. The third-order valence-corrected chi connectivity index (χ3v) is 5.41. The van der Waals surface area contributed by atoms with E-state index in [0.29, 0.717) is 17.9 Å². The van der Waals surface area contributed by atoms with E-state index < -0.39 is 6.04 Å². The molecule has 1 aliphatic rings. The molecule has 0 fully saturated rings. The van der Waals surface area contributed by atoms with E-state index in [0.717, 1.165) is 33.6 Å². The van der Waals surface area contributed by atoms with Crippen LogP contribution in [-0.2, 0) is 11.2 Å². The standard InChI is InChI=1S/C24H21N5O3/c1-32-17-8-4-15(5-9-17)27-23-18-11-20-21(12-19(18)25-13-26-23)28-22(24(31)29-20)10-14-2-6-16(30)7-3-14/h2-9,11-13,22,28,30H,10H2,1H3,(H,29,31)(H,25,26,27)/t22-/m0/s1. The molecule has 3 aromatic carbocycles. The number of amides is 1. The number of methoxy groups -OCH3 is 1. The first-order chi connectivity index (χ1) is 15.6. The first-order valence-electron chi connectivity index (χ1n) is 10.1. The Labute approximate surface area is 184 Å². The number of fused-ring (bicyclic) bond motifs is 2. The van der Waals surface area contributed by atoms with E-state index in [-0.39, 0.29) is 11.7 Å². The van der Waals surface area contributed by atoms with Crippen LogP contribution in [0.15, 0.2) is 67.0 Å². The summed E-state index contributed by atoms with van der Waals surface area (Å²) < 4.78 is 5.20. The number of rotatable bonds is 5. The van der Waals surface area contributed by atoms with Crippen LogP contribution in [0.25, 0.3) is 10.9 Å². The Kier molecular flexibility index (Phi) is 4.95. The Hall–Kier alpha value is -4.33. The van der Waals surface area contributed by atoms with E-state index >= 15 is 0 Å². The van der Waals surface area contributed by atoms with Gasteiger partial charge in [0.15, 0.2) is 0 Å². The van der Waals surface area contributed by atoms with Crippen molar-refractivity contribution in [2.24, 2.45) is 0 Å². The van der Waals surface area contributed by atoms with Crippen molar-refractivity contribution in [3.63, 3.8) is 0 Å². The van der Waals surface area contributed by atoms with Gasteiger partial charge in [-0.3, -0.25) is 4.79 Å². The van der Waals surface area contributed by atoms with Gasteiger partial charge in [-0.25, -0.2) is 9.97 Å². The fraction of sp³-hybridized carbons (Fsp3) is 0.125. The van der Waals surface area contributed by atoms with Gasteiger partial charge in [0.2, 0.25) is 5.91 Å². The van der Waals surface area contributed by atoms with Crippen molar-refractivity contribution < 1.29 is 14.6 Å². The maximum absolute atomic E-state index is 12.7. The summed E-state index contributed by atoms with van der Waals surface area (Å²) >= 11 is 0. The highest BCUT2D eigenvalue weighted by molar-refractivity contribution is 6.07. The largest absolute Gasteiger partial charge is 0.508 e. The van der Waals surface area contributed by atoms with Crippen LogP contribution in [0.3, 0.4) is 0 Å². The zero-order chi connectivity index (χ0) is 22.1. The third kappa shape index (κ3) is 3.85. The molecular weight excluding hydrogens is 406 g/mol. The summed E-state index contributed by atoms with van der Waals surface area (Å²) in [4.78, 5) is 21.5. The van der Waals surface area contributed by atoms with Crippen LogP contribution in [0.1, 0.15) is 5.56 Å². The van der Waals surface area contributed by atoms with Gasteiger partial charge in [-0.15, -0.1) is 0 Å². The van der Waals surface area contributed by atoms with Crippen molar-refractivity contribution in [3.8, 4) is 11.5 Å². The summed E-state index contributed by atoms with van der Waals surface area (Å²) in [6, 6.07) is 17.8. The van der Waals surface area contributed by atoms with E-state index in [2.05, 4.69) is 25.9 Å². The van der Waals surface area contributed by atoms with Crippen molar-refractivity contribution in [3.05, 3.63) is 72.6 Å². The number of hydrogen-bond donors (Lipinski definition) is 4. The highest BCUT2D eigenvalue weighted by Gasteiger charge is 2.26. The molecule has 1 atom stereocenters. The Morgan fingerprint density at radius 1 is 1.03 bits per heavy atom. The minimum atomic E-state index is -0.428. The molecule has 8 heteroatoms. The molecule has 160 valence electrons. The molecule has 8 nitrogen and oxygen atoms in total.